The van der Waals surface area contributed by atoms with Gasteiger partial charge in [-0.15, -0.1) is 0 Å². The Morgan fingerprint density at radius 2 is 1.73 bits per heavy atom. The van der Waals surface area contributed by atoms with Crippen molar-refractivity contribution in [3.8, 4) is 11.3 Å². The summed E-state index contributed by atoms with van der Waals surface area (Å²) in [5, 5.41) is 0.638. The van der Waals surface area contributed by atoms with E-state index in [9.17, 15) is 9.59 Å². The monoisotopic (exact) mass is 293 g/mol. The fourth-order valence-corrected chi connectivity index (χ4v) is 2.59. The highest BCUT2D eigenvalue weighted by atomic mass is 16.5. The van der Waals surface area contributed by atoms with Crippen LogP contribution in [0.5, 0.6) is 0 Å². The minimum atomic E-state index is -0.427. The first-order chi connectivity index (χ1) is 10.6. The maximum absolute atomic E-state index is 12.5. The lowest BCUT2D eigenvalue weighted by atomic mass is 9.99. The summed E-state index contributed by atoms with van der Waals surface area (Å²) in [5.41, 5.74) is 3.02. The first-order valence-corrected chi connectivity index (χ1v) is 6.93. The molecule has 0 amide bonds. The number of rotatable bonds is 2. The number of benzene rings is 2. The Labute approximate surface area is 127 Å². The van der Waals surface area contributed by atoms with Gasteiger partial charge in [0.05, 0.1) is 18.4 Å². The maximum Gasteiger partial charge on any atom is 0.338 e. The zero-order valence-electron chi connectivity index (χ0n) is 12.3. The molecule has 0 fully saturated rings. The lowest BCUT2D eigenvalue weighted by molar-refractivity contribution is 0.0601. The van der Waals surface area contributed by atoms with Crippen LogP contribution < -0.4 is 5.43 Å². The van der Waals surface area contributed by atoms with Crippen LogP contribution in [0.4, 0.5) is 0 Å². The van der Waals surface area contributed by atoms with Crippen LogP contribution in [0.2, 0.25) is 0 Å². The molecule has 110 valence electrons. The number of fused-ring (bicyclic) bond motifs is 1. The molecule has 0 unspecified atom stereocenters. The van der Waals surface area contributed by atoms with Crippen molar-refractivity contribution in [2.45, 2.75) is 6.92 Å². The molecule has 0 aliphatic rings. The van der Waals surface area contributed by atoms with Crippen molar-refractivity contribution in [2.24, 2.45) is 0 Å². The number of aromatic amines is 1. The minimum Gasteiger partial charge on any atom is -0.465 e. The third kappa shape index (κ3) is 2.19. The molecule has 3 rings (SSSR count). The Bertz CT molecular complexity index is 925. The lowest BCUT2D eigenvalue weighted by Gasteiger charge is -2.12. The largest absolute Gasteiger partial charge is 0.465 e. The van der Waals surface area contributed by atoms with Gasteiger partial charge in [0, 0.05) is 22.0 Å². The van der Waals surface area contributed by atoms with Crippen molar-refractivity contribution in [3.05, 3.63) is 69.9 Å². The lowest BCUT2D eigenvalue weighted by Crippen LogP contribution is -2.11. The van der Waals surface area contributed by atoms with Gasteiger partial charge in [-0.2, -0.15) is 0 Å². The second-order valence-electron chi connectivity index (χ2n) is 5.04. The topological polar surface area (TPSA) is 59.2 Å². The summed E-state index contributed by atoms with van der Waals surface area (Å²) in [6.45, 7) is 1.76. The number of carbonyl (C=O) groups excluding carboxylic acids is 1. The molecule has 0 spiro atoms. The van der Waals surface area contributed by atoms with Crippen LogP contribution in [0.25, 0.3) is 22.2 Å². The number of nitrogens with one attached hydrogen (secondary N) is 1. The molecule has 1 aromatic heterocycles. The molecule has 4 nitrogen and oxygen atoms in total. The highest BCUT2D eigenvalue weighted by Crippen LogP contribution is 2.26. The third-order valence-corrected chi connectivity index (χ3v) is 3.75. The average molecular weight is 293 g/mol. The van der Waals surface area contributed by atoms with Crippen LogP contribution in [0.3, 0.4) is 0 Å². The summed E-state index contributed by atoms with van der Waals surface area (Å²) < 4.78 is 4.83. The van der Waals surface area contributed by atoms with Crippen LogP contribution in [0.1, 0.15) is 15.9 Å². The van der Waals surface area contributed by atoms with Gasteiger partial charge in [-0.05, 0) is 25.1 Å². The molecule has 4 heteroatoms. The molecule has 2 aromatic carbocycles. The number of aromatic nitrogens is 1. The number of para-hydroxylation sites is 1. The predicted molar refractivity (Wildman–Crippen MR) is 86.1 cm³/mol. The van der Waals surface area contributed by atoms with E-state index in [1.807, 2.05) is 24.3 Å². The molecular formula is C18H15NO3. The summed E-state index contributed by atoms with van der Waals surface area (Å²) in [4.78, 5) is 27.8. The number of ether oxygens (including phenoxy) is 1. The van der Waals surface area contributed by atoms with Crippen molar-refractivity contribution in [1.82, 2.24) is 4.98 Å². The summed E-state index contributed by atoms with van der Waals surface area (Å²) in [7, 11) is 1.34. The highest BCUT2D eigenvalue weighted by Gasteiger charge is 2.16. The Kier molecular flexibility index (Phi) is 3.51. The van der Waals surface area contributed by atoms with Crippen molar-refractivity contribution in [1.29, 1.82) is 0 Å². The Morgan fingerprint density at radius 3 is 2.50 bits per heavy atom. The molecule has 0 saturated carbocycles. The van der Waals surface area contributed by atoms with Crippen LogP contribution >= 0.6 is 0 Å². The molecule has 0 saturated heterocycles. The zero-order chi connectivity index (χ0) is 15.7. The van der Waals surface area contributed by atoms with Gasteiger partial charge in [0.1, 0.15) is 0 Å². The molecule has 1 N–H and O–H groups in total. The fourth-order valence-electron chi connectivity index (χ4n) is 2.59. The second-order valence-corrected chi connectivity index (χ2v) is 5.04. The first kappa shape index (κ1) is 14.1. The number of pyridine rings is 1. The van der Waals surface area contributed by atoms with Gasteiger partial charge in [-0.3, -0.25) is 4.79 Å². The van der Waals surface area contributed by atoms with E-state index in [-0.39, 0.29) is 5.43 Å². The van der Waals surface area contributed by atoms with E-state index < -0.39 is 5.97 Å². The van der Waals surface area contributed by atoms with E-state index in [1.165, 1.54) is 7.11 Å². The third-order valence-electron chi connectivity index (χ3n) is 3.75. The molecule has 1 heterocycles. The van der Waals surface area contributed by atoms with Gasteiger partial charge in [0.2, 0.25) is 0 Å². The van der Waals surface area contributed by atoms with Crippen molar-refractivity contribution in [2.75, 3.05) is 7.11 Å². The smallest absolute Gasteiger partial charge is 0.338 e. The number of hydrogen-bond donors (Lipinski definition) is 1. The number of hydrogen-bond acceptors (Lipinski definition) is 3. The molecule has 0 atom stereocenters. The van der Waals surface area contributed by atoms with E-state index in [0.29, 0.717) is 27.8 Å². The molecule has 0 bridgehead atoms. The number of methoxy groups -OCH3 is 1. The molecule has 0 radical (unpaired) electrons. The normalized spacial score (nSPS) is 10.6. The summed E-state index contributed by atoms with van der Waals surface area (Å²) in [6, 6.07) is 14.4. The van der Waals surface area contributed by atoms with Gasteiger partial charge in [0.15, 0.2) is 5.43 Å². The summed E-state index contributed by atoms with van der Waals surface area (Å²) in [6.07, 6.45) is 0. The Balaban J connectivity index is 2.35. The van der Waals surface area contributed by atoms with Crippen LogP contribution in [0, 0.1) is 6.92 Å². The van der Waals surface area contributed by atoms with E-state index in [0.717, 1.165) is 5.52 Å². The quantitative estimate of drug-likeness (QED) is 0.738. The molecule has 3 aromatic rings. The van der Waals surface area contributed by atoms with Crippen molar-refractivity contribution >= 4 is 16.9 Å². The Hall–Kier alpha value is -2.88. The molecule has 0 aliphatic heterocycles. The summed E-state index contributed by atoms with van der Waals surface area (Å²) >= 11 is 0. The highest BCUT2D eigenvalue weighted by molar-refractivity contribution is 5.97. The molecular weight excluding hydrogens is 278 g/mol. The van der Waals surface area contributed by atoms with Gasteiger partial charge in [-0.1, -0.05) is 30.3 Å². The average Bonchev–Trinajstić information content (AvgIpc) is 2.57. The number of carbonyl (C=O) groups is 1. The second kappa shape index (κ2) is 5.48. The van der Waals surface area contributed by atoms with Crippen LogP contribution in [-0.4, -0.2) is 18.1 Å². The Morgan fingerprint density at radius 1 is 1.05 bits per heavy atom. The van der Waals surface area contributed by atoms with Gasteiger partial charge < -0.3 is 9.72 Å². The van der Waals surface area contributed by atoms with Gasteiger partial charge in [0.25, 0.3) is 0 Å². The van der Waals surface area contributed by atoms with Crippen molar-refractivity contribution in [3.63, 3.8) is 0 Å². The van der Waals surface area contributed by atoms with Gasteiger partial charge >= 0.3 is 5.97 Å². The fraction of sp³-hybridized carbons (Fsp3) is 0.111. The summed E-state index contributed by atoms with van der Waals surface area (Å²) in [5.74, 6) is -0.427. The zero-order valence-corrected chi connectivity index (χ0v) is 12.3. The standard InChI is InChI=1S/C18H15NO3/c1-11-16(12-7-3-4-8-13(12)18(21)22-2)19-15-10-6-5-9-14(15)17(11)20/h3-10H,1-2H3,(H,19,20). The van der Waals surface area contributed by atoms with E-state index in [4.69, 9.17) is 4.74 Å². The van der Waals surface area contributed by atoms with E-state index >= 15 is 0 Å². The van der Waals surface area contributed by atoms with E-state index in [2.05, 4.69) is 4.98 Å². The number of esters is 1. The SMILES string of the molecule is COC(=O)c1ccccc1-c1[nH]c2ccccc2c(=O)c1C. The first-order valence-electron chi connectivity index (χ1n) is 6.93. The predicted octanol–water partition coefficient (Wildman–Crippen LogP) is 3.29. The number of H-pyrrole nitrogens is 1. The molecule has 22 heavy (non-hydrogen) atoms. The van der Waals surface area contributed by atoms with Crippen LogP contribution in [-0.2, 0) is 4.74 Å². The van der Waals surface area contributed by atoms with Crippen molar-refractivity contribution < 1.29 is 9.53 Å². The minimum absolute atomic E-state index is 0.0379. The van der Waals surface area contributed by atoms with Gasteiger partial charge in [-0.25, -0.2) is 4.79 Å². The maximum atomic E-state index is 12.5. The van der Waals surface area contributed by atoms with E-state index in [1.54, 1.807) is 31.2 Å². The molecule has 0 aliphatic carbocycles. The van der Waals surface area contributed by atoms with Crippen LogP contribution in [0.15, 0.2) is 53.3 Å².